The molecule has 27 heavy (non-hydrogen) atoms. The Morgan fingerprint density at radius 2 is 1.74 bits per heavy atom. The van der Waals surface area contributed by atoms with Crippen LogP contribution < -0.4 is 10.1 Å². The van der Waals surface area contributed by atoms with E-state index in [2.05, 4.69) is 29.8 Å². The van der Waals surface area contributed by atoms with Crippen LogP contribution in [0.2, 0.25) is 0 Å². The minimum absolute atomic E-state index is 0.0159. The average Bonchev–Trinajstić information content (AvgIpc) is 3.01. The topological polar surface area (TPSA) is 56.1 Å². The summed E-state index contributed by atoms with van der Waals surface area (Å²) >= 11 is 0. The lowest BCUT2D eigenvalue weighted by atomic mass is 10.1. The molecule has 142 valence electrons. The molecule has 0 spiro atoms. The van der Waals surface area contributed by atoms with E-state index in [9.17, 15) is 4.79 Å². The maximum Gasteiger partial charge on any atom is 0.258 e. The van der Waals surface area contributed by atoms with Crippen molar-refractivity contribution in [2.45, 2.75) is 46.7 Å². The normalized spacial score (nSPS) is 12.4. The molecule has 1 amide bonds. The second-order valence-electron chi connectivity index (χ2n) is 7.22. The number of imidazole rings is 1. The molecule has 5 heteroatoms. The molecule has 0 radical (unpaired) electrons. The van der Waals surface area contributed by atoms with Crippen LogP contribution >= 0.6 is 0 Å². The molecule has 3 rings (SSSR count). The van der Waals surface area contributed by atoms with E-state index < -0.39 is 0 Å². The molecule has 1 atom stereocenters. The number of carbonyl (C=O) groups is 1. The Kier molecular flexibility index (Phi) is 5.49. The van der Waals surface area contributed by atoms with E-state index in [4.69, 9.17) is 9.72 Å². The predicted octanol–water partition coefficient (Wildman–Crippen LogP) is 4.49. The Labute approximate surface area is 160 Å². The largest absolute Gasteiger partial charge is 0.483 e. The molecule has 1 N–H and O–H groups in total. The standard InChI is InChI=1S/C22H27N3O2/c1-14(2)25-19-12-7-6-11-18(19)24-22(25)17(5)23-20(26)13-27-21-15(3)9-8-10-16(21)4/h6-12,14,17H,13H2,1-5H3,(H,23,26). The molecule has 0 bridgehead atoms. The molecule has 0 saturated heterocycles. The third kappa shape index (κ3) is 3.97. The zero-order valence-electron chi connectivity index (χ0n) is 16.6. The average molecular weight is 365 g/mol. The number of fused-ring (bicyclic) bond motifs is 1. The molecule has 0 fully saturated rings. The Bertz CT molecular complexity index is 939. The molecular weight excluding hydrogens is 338 g/mol. The lowest BCUT2D eigenvalue weighted by Crippen LogP contribution is -2.33. The first kappa shape index (κ1) is 19.0. The summed E-state index contributed by atoms with van der Waals surface area (Å²) in [6.45, 7) is 10.1. The number of para-hydroxylation sites is 3. The number of aromatic nitrogens is 2. The smallest absolute Gasteiger partial charge is 0.258 e. The van der Waals surface area contributed by atoms with Gasteiger partial charge in [-0.25, -0.2) is 4.98 Å². The van der Waals surface area contributed by atoms with Crippen molar-refractivity contribution in [2.75, 3.05) is 6.61 Å². The third-order valence-corrected chi connectivity index (χ3v) is 4.66. The summed E-state index contributed by atoms with van der Waals surface area (Å²) in [6.07, 6.45) is 0. The van der Waals surface area contributed by atoms with Crippen LogP contribution in [0.1, 0.15) is 49.8 Å². The molecule has 5 nitrogen and oxygen atoms in total. The van der Waals surface area contributed by atoms with Crippen LogP contribution in [-0.2, 0) is 4.79 Å². The summed E-state index contributed by atoms with van der Waals surface area (Å²) in [7, 11) is 0. The Balaban J connectivity index is 1.73. The van der Waals surface area contributed by atoms with Crippen molar-refractivity contribution in [1.29, 1.82) is 0 Å². The monoisotopic (exact) mass is 365 g/mol. The molecule has 3 aromatic rings. The summed E-state index contributed by atoms with van der Waals surface area (Å²) < 4.78 is 7.94. The molecule has 2 aromatic carbocycles. The summed E-state index contributed by atoms with van der Waals surface area (Å²) in [5, 5.41) is 3.01. The fraction of sp³-hybridized carbons (Fsp3) is 0.364. The highest BCUT2D eigenvalue weighted by atomic mass is 16.5. The van der Waals surface area contributed by atoms with Crippen molar-refractivity contribution in [3.63, 3.8) is 0 Å². The zero-order valence-corrected chi connectivity index (χ0v) is 16.6. The fourth-order valence-electron chi connectivity index (χ4n) is 3.42. The summed E-state index contributed by atoms with van der Waals surface area (Å²) in [5.74, 6) is 1.47. The molecule has 0 aliphatic heterocycles. The van der Waals surface area contributed by atoms with Gasteiger partial charge in [0.25, 0.3) is 5.91 Å². The van der Waals surface area contributed by atoms with E-state index in [1.165, 1.54) is 0 Å². The van der Waals surface area contributed by atoms with E-state index in [-0.39, 0.29) is 24.6 Å². The second kappa shape index (κ2) is 7.82. The van der Waals surface area contributed by atoms with Gasteiger partial charge in [-0.3, -0.25) is 4.79 Å². The Morgan fingerprint density at radius 3 is 2.41 bits per heavy atom. The maximum absolute atomic E-state index is 12.4. The van der Waals surface area contributed by atoms with Gasteiger partial charge in [-0.05, 0) is 57.9 Å². The van der Waals surface area contributed by atoms with Crippen molar-refractivity contribution in [3.05, 3.63) is 59.4 Å². The van der Waals surface area contributed by atoms with Crippen molar-refractivity contribution < 1.29 is 9.53 Å². The minimum Gasteiger partial charge on any atom is -0.483 e. The number of hydrogen-bond donors (Lipinski definition) is 1. The van der Waals surface area contributed by atoms with Gasteiger partial charge in [-0.1, -0.05) is 30.3 Å². The fourth-order valence-corrected chi connectivity index (χ4v) is 3.42. The predicted molar refractivity (Wildman–Crippen MR) is 108 cm³/mol. The van der Waals surface area contributed by atoms with Gasteiger partial charge in [0.15, 0.2) is 6.61 Å². The van der Waals surface area contributed by atoms with Crippen molar-refractivity contribution in [2.24, 2.45) is 0 Å². The van der Waals surface area contributed by atoms with Gasteiger partial charge in [0, 0.05) is 6.04 Å². The first-order valence-electron chi connectivity index (χ1n) is 9.33. The van der Waals surface area contributed by atoms with Gasteiger partial charge in [0.05, 0.1) is 17.1 Å². The third-order valence-electron chi connectivity index (χ3n) is 4.66. The van der Waals surface area contributed by atoms with Crippen LogP contribution in [0.15, 0.2) is 42.5 Å². The van der Waals surface area contributed by atoms with E-state index in [1.54, 1.807) is 0 Å². The van der Waals surface area contributed by atoms with Crippen LogP contribution in [0.4, 0.5) is 0 Å². The van der Waals surface area contributed by atoms with Crippen molar-refractivity contribution in [3.8, 4) is 5.75 Å². The van der Waals surface area contributed by atoms with Crippen LogP contribution in [0.5, 0.6) is 5.75 Å². The van der Waals surface area contributed by atoms with E-state index in [1.807, 2.05) is 57.2 Å². The van der Waals surface area contributed by atoms with Gasteiger partial charge in [0.2, 0.25) is 0 Å². The van der Waals surface area contributed by atoms with Gasteiger partial charge in [0.1, 0.15) is 11.6 Å². The van der Waals surface area contributed by atoms with Crippen LogP contribution in [0.25, 0.3) is 11.0 Å². The maximum atomic E-state index is 12.4. The van der Waals surface area contributed by atoms with Crippen LogP contribution in [0, 0.1) is 13.8 Å². The number of hydrogen-bond acceptors (Lipinski definition) is 3. The van der Waals surface area contributed by atoms with Crippen molar-refractivity contribution >= 4 is 16.9 Å². The number of ether oxygens (including phenoxy) is 1. The summed E-state index contributed by atoms with van der Waals surface area (Å²) in [5.41, 5.74) is 4.07. The number of benzene rings is 2. The van der Waals surface area contributed by atoms with E-state index >= 15 is 0 Å². The highest BCUT2D eigenvalue weighted by Crippen LogP contribution is 2.25. The number of nitrogens with zero attached hydrogens (tertiary/aromatic N) is 2. The number of nitrogens with one attached hydrogen (secondary N) is 1. The number of aryl methyl sites for hydroxylation is 2. The molecular formula is C22H27N3O2. The van der Waals surface area contributed by atoms with Crippen molar-refractivity contribution in [1.82, 2.24) is 14.9 Å². The quantitative estimate of drug-likeness (QED) is 0.700. The first-order valence-corrected chi connectivity index (χ1v) is 9.33. The molecule has 1 heterocycles. The number of amides is 1. The van der Waals surface area contributed by atoms with Gasteiger partial charge >= 0.3 is 0 Å². The van der Waals surface area contributed by atoms with Gasteiger partial charge in [-0.2, -0.15) is 0 Å². The molecule has 0 aliphatic carbocycles. The summed E-state index contributed by atoms with van der Waals surface area (Å²) in [6, 6.07) is 14.0. The molecule has 1 unspecified atom stereocenters. The molecule has 1 aromatic heterocycles. The highest BCUT2D eigenvalue weighted by Gasteiger charge is 2.20. The Hall–Kier alpha value is -2.82. The minimum atomic E-state index is -0.214. The molecule has 0 saturated carbocycles. The molecule has 0 aliphatic rings. The lowest BCUT2D eigenvalue weighted by Gasteiger charge is -2.19. The van der Waals surface area contributed by atoms with Gasteiger partial charge < -0.3 is 14.6 Å². The zero-order chi connectivity index (χ0) is 19.6. The van der Waals surface area contributed by atoms with Gasteiger partial charge in [-0.15, -0.1) is 0 Å². The van der Waals surface area contributed by atoms with E-state index in [0.717, 1.165) is 33.7 Å². The van der Waals surface area contributed by atoms with Crippen LogP contribution in [-0.4, -0.2) is 22.1 Å². The highest BCUT2D eigenvalue weighted by molar-refractivity contribution is 5.79. The lowest BCUT2D eigenvalue weighted by molar-refractivity contribution is -0.123. The first-order chi connectivity index (χ1) is 12.9. The second-order valence-corrected chi connectivity index (χ2v) is 7.22. The van der Waals surface area contributed by atoms with E-state index in [0.29, 0.717) is 0 Å². The summed E-state index contributed by atoms with van der Waals surface area (Å²) in [4.78, 5) is 17.2. The SMILES string of the molecule is Cc1cccc(C)c1OCC(=O)NC(C)c1nc2ccccc2n1C(C)C. The number of carbonyl (C=O) groups excluding carboxylic acids is 1. The number of rotatable bonds is 6. The Morgan fingerprint density at radius 1 is 1.07 bits per heavy atom. The van der Waals surface area contributed by atoms with Crippen LogP contribution in [0.3, 0.4) is 0 Å².